The first kappa shape index (κ1) is 19.1. The number of nitrogens with one attached hydrogen (secondary N) is 1. The van der Waals surface area contributed by atoms with E-state index in [0.717, 1.165) is 15.3 Å². The second-order valence-corrected chi connectivity index (χ2v) is 7.76. The van der Waals surface area contributed by atoms with Crippen molar-refractivity contribution in [3.05, 3.63) is 37.9 Å². The average molecular weight is 381 g/mol. The van der Waals surface area contributed by atoms with Crippen LogP contribution >= 0.6 is 22.7 Å². The maximum atomic E-state index is 12.1. The molecule has 0 aliphatic carbocycles. The van der Waals surface area contributed by atoms with Crippen LogP contribution in [0.1, 0.15) is 42.3 Å². The Bertz CT molecular complexity index is 806. The first-order valence-corrected chi connectivity index (χ1v) is 9.27. The van der Waals surface area contributed by atoms with E-state index in [2.05, 4.69) is 5.32 Å². The van der Waals surface area contributed by atoms with Gasteiger partial charge in [0.2, 0.25) is 0 Å². The van der Waals surface area contributed by atoms with E-state index in [9.17, 15) is 14.4 Å². The number of hydrogen-bond acceptors (Lipinski definition) is 7. The lowest BCUT2D eigenvalue weighted by Gasteiger charge is -2.07. The summed E-state index contributed by atoms with van der Waals surface area (Å²) in [7, 11) is 0. The smallest absolute Gasteiger partial charge is 0.348 e. The van der Waals surface area contributed by atoms with E-state index in [0.29, 0.717) is 15.4 Å². The lowest BCUT2D eigenvalue weighted by molar-refractivity contribution is -0.119. The lowest BCUT2D eigenvalue weighted by Crippen LogP contribution is -2.21. The number of carbonyl (C=O) groups excluding carboxylic acids is 3. The number of amides is 1. The summed E-state index contributed by atoms with van der Waals surface area (Å²) in [6.45, 7) is 7.08. The van der Waals surface area contributed by atoms with Crippen molar-refractivity contribution in [2.75, 3.05) is 18.5 Å². The normalized spacial score (nSPS) is 10.4. The minimum atomic E-state index is -0.544. The maximum absolute atomic E-state index is 12.1. The molecule has 2 rings (SSSR count). The van der Waals surface area contributed by atoms with Gasteiger partial charge in [-0.25, -0.2) is 9.59 Å². The van der Waals surface area contributed by atoms with Crippen LogP contribution in [0.5, 0.6) is 0 Å². The fourth-order valence-corrected chi connectivity index (χ4v) is 3.90. The van der Waals surface area contributed by atoms with Gasteiger partial charge in [0.15, 0.2) is 6.61 Å². The van der Waals surface area contributed by atoms with E-state index in [1.54, 1.807) is 19.9 Å². The predicted octanol–water partition coefficient (Wildman–Crippen LogP) is 3.71. The molecule has 6 nitrogen and oxygen atoms in total. The third-order valence-corrected chi connectivity index (χ3v) is 5.50. The molecule has 2 heterocycles. The number of thiophene rings is 2. The summed E-state index contributed by atoms with van der Waals surface area (Å²) in [5, 5.41) is 3.03. The number of aryl methyl sites for hydroxylation is 2. The molecule has 0 fully saturated rings. The van der Waals surface area contributed by atoms with Crippen molar-refractivity contribution in [1.29, 1.82) is 0 Å². The molecule has 8 heteroatoms. The highest BCUT2D eigenvalue weighted by Gasteiger charge is 2.22. The van der Waals surface area contributed by atoms with Crippen LogP contribution in [0.15, 0.2) is 12.1 Å². The quantitative estimate of drug-likeness (QED) is 0.772. The third-order valence-electron chi connectivity index (χ3n) is 3.39. The van der Waals surface area contributed by atoms with Crippen LogP contribution in [0.25, 0.3) is 0 Å². The molecule has 0 saturated heterocycles. The molecule has 2 aromatic heterocycles. The Hall–Kier alpha value is -2.19. The highest BCUT2D eigenvalue weighted by molar-refractivity contribution is 7.16. The summed E-state index contributed by atoms with van der Waals surface area (Å²) < 4.78 is 10.0. The Balaban J connectivity index is 2.02. The second kappa shape index (κ2) is 8.26. The summed E-state index contributed by atoms with van der Waals surface area (Å²) in [4.78, 5) is 38.4. The summed E-state index contributed by atoms with van der Waals surface area (Å²) >= 11 is 2.59. The number of rotatable bonds is 6. The lowest BCUT2D eigenvalue weighted by atomic mass is 10.1. The summed E-state index contributed by atoms with van der Waals surface area (Å²) in [5.41, 5.74) is 1.11. The van der Waals surface area contributed by atoms with E-state index in [4.69, 9.17) is 9.47 Å². The van der Waals surface area contributed by atoms with Crippen molar-refractivity contribution >= 4 is 45.5 Å². The minimum absolute atomic E-state index is 0.248. The number of hydrogen-bond donors (Lipinski definition) is 1. The molecule has 0 spiro atoms. The molecule has 0 bridgehead atoms. The van der Waals surface area contributed by atoms with Crippen LogP contribution in [0, 0.1) is 20.8 Å². The van der Waals surface area contributed by atoms with Gasteiger partial charge in [-0.2, -0.15) is 0 Å². The zero-order chi connectivity index (χ0) is 18.6. The van der Waals surface area contributed by atoms with Crippen molar-refractivity contribution in [1.82, 2.24) is 0 Å². The number of carbonyl (C=O) groups is 3. The van der Waals surface area contributed by atoms with E-state index in [-0.39, 0.29) is 6.61 Å². The van der Waals surface area contributed by atoms with E-state index < -0.39 is 24.5 Å². The zero-order valence-electron chi connectivity index (χ0n) is 14.4. The standard InChI is InChI=1S/C17H19NO5S2/c1-5-22-17(21)14-10(3)11(4)25-15(14)18-13(19)8-23-16(20)12-7-6-9(2)24-12/h6-7H,5,8H2,1-4H3,(H,18,19). The van der Waals surface area contributed by atoms with Crippen molar-refractivity contribution in [3.8, 4) is 0 Å². The summed E-state index contributed by atoms with van der Waals surface area (Å²) in [5.74, 6) is -1.53. The molecule has 0 unspecified atom stereocenters. The third kappa shape index (κ3) is 4.67. The van der Waals surface area contributed by atoms with Gasteiger partial charge in [-0.05, 0) is 45.4 Å². The highest BCUT2D eigenvalue weighted by Crippen LogP contribution is 2.33. The Morgan fingerprint density at radius 3 is 2.36 bits per heavy atom. The molecule has 0 atom stereocenters. The van der Waals surface area contributed by atoms with Crippen LogP contribution in [0.4, 0.5) is 5.00 Å². The van der Waals surface area contributed by atoms with E-state index in [1.165, 1.54) is 22.7 Å². The van der Waals surface area contributed by atoms with Gasteiger partial charge in [-0.3, -0.25) is 4.79 Å². The van der Waals surface area contributed by atoms with Gasteiger partial charge in [0, 0.05) is 9.75 Å². The molecular formula is C17H19NO5S2. The fourth-order valence-electron chi connectivity index (χ4n) is 2.07. The van der Waals surface area contributed by atoms with E-state index in [1.807, 2.05) is 19.9 Å². The van der Waals surface area contributed by atoms with Gasteiger partial charge in [0.05, 0.1) is 12.2 Å². The second-order valence-electron chi connectivity index (χ2n) is 5.24. The van der Waals surface area contributed by atoms with Gasteiger partial charge in [0.1, 0.15) is 9.88 Å². The summed E-state index contributed by atoms with van der Waals surface area (Å²) in [6, 6.07) is 3.47. The molecule has 25 heavy (non-hydrogen) atoms. The molecule has 0 saturated carbocycles. The number of esters is 2. The summed E-state index contributed by atoms with van der Waals surface area (Å²) in [6.07, 6.45) is 0. The molecule has 1 amide bonds. The number of ether oxygens (including phenoxy) is 2. The maximum Gasteiger partial charge on any atom is 0.348 e. The molecule has 0 aromatic carbocycles. The van der Waals surface area contributed by atoms with Crippen LogP contribution < -0.4 is 5.32 Å². The van der Waals surface area contributed by atoms with Gasteiger partial charge >= 0.3 is 11.9 Å². The number of anilines is 1. The van der Waals surface area contributed by atoms with Crippen LogP contribution in [-0.4, -0.2) is 31.1 Å². The zero-order valence-corrected chi connectivity index (χ0v) is 16.1. The molecule has 1 N–H and O–H groups in total. The first-order valence-electron chi connectivity index (χ1n) is 7.64. The SMILES string of the molecule is CCOC(=O)c1c(NC(=O)COC(=O)c2ccc(C)s2)sc(C)c1C. The molecule has 2 aromatic rings. The van der Waals surface area contributed by atoms with Crippen LogP contribution in [0.2, 0.25) is 0 Å². The molecule has 0 aliphatic rings. The molecule has 0 radical (unpaired) electrons. The van der Waals surface area contributed by atoms with Crippen molar-refractivity contribution < 1.29 is 23.9 Å². The van der Waals surface area contributed by atoms with Gasteiger partial charge in [-0.1, -0.05) is 0 Å². The van der Waals surface area contributed by atoms with Gasteiger partial charge in [0.25, 0.3) is 5.91 Å². The average Bonchev–Trinajstić information content (AvgIpc) is 3.09. The van der Waals surface area contributed by atoms with Crippen molar-refractivity contribution in [2.45, 2.75) is 27.7 Å². The monoisotopic (exact) mass is 381 g/mol. The largest absolute Gasteiger partial charge is 0.462 e. The van der Waals surface area contributed by atoms with Crippen molar-refractivity contribution in [3.63, 3.8) is 0 Å². The highest BCUT2D eigenvalue weighted by atomic mass is 32.1. The fraction of sp³-hybridized carbons (Fsp3) is 0.353. The molecule has 0 aliphatic heterocycles. The van der Waals surface area contributed by atoms with E-state index >= 15 is 0 Å². The Morgan fingerprint density at radius 2 is 1.76 bits per heavy atom. The van der Waals surface area contributed by atoms with Crippen LogP contribution in [-0.2, 0) is 14.3 Å². The Labute approximate surface area is 153 Å². The predicted molar refractivity (Wildman–Crippen MR) is 97.7 cm³/mol. The van der Waals surface area contributed by atoms with Crippen LogP contribution in [0.3, 0.4) is 0 Å². The van der Waals surface area contributed by atoms with Gasteiger partial charge in [-0.15, -0.1) is 22.7 Å². The Kier molecular flexibility index (Phi) is 6.33. The van der Waals surface area contributed by atoms with Crippen molar-refractivity contribution in [2.24, 2.45) is 0 Å². The first-order chi connectivity index (χ1) is 11.8. The minimum Gasteiger partial charge on any atom is -0.462 e. The van der Waals surface area contributed by atoms with Gasteiger partial charge < -0.3 is 14.8 Å². The molecular weight excluding hydrogens is 362 g/mol. The Morgan fingerprint density at radius 1 is 1.04 bits per heavy atom. The molecule has 134 valence electrons. The topological polar surface area (TPSA) is 81.7 Å².